The molecule has 0 saturated heterocycles. The normalized spacial score (nSPS) is 12.9. The molecule has 1 aromatic heterocycles. The van der Waals surface area contributed by atoms with Gasteiger partial charge in [0, 0.05) is 17.2 Å². The molecule has 3 N–H and O–H groups in total. The average molecular weight is 375 g/mol. The number of non-ortho nitro benzene ring substituents is 1. The van der Waals surface area contributed by atoms with Gasteiger partial charge in [-0.1, -0.05) is 16.8 Å². The zero-order valence-electron chi connectivity index (χ0n) is 13.0. The first-order valence-electron chi connectivity index (χ1n) is 7.25. The minimum Gasteiger partial charge on any atom is -0.410 e. The Hall–Kier alpha value is -3.30. The summed E-state index contributed by atoms with van der Waals surface area (Å²) in [5.74, 6) is 0. The second-order valence-corrected chi connectivity index (χ2v) is 5.75. The summed E-state index contributed by atoms with van der Waals surface area (Å²) < 4.78 is 0. The summed E-state index contributed by atoms with van der Waals surface area (Å²) >= 11 is 5.86. The lowest BCUT2D eigenvalue weighted by Gasteiger charge is -2.12. The number of oxime groups is 1. The lowest BCUT2D eigenvalue weighted by Crippen LogP contribution is -2.25. The molecule has 0 fully saturated rings. The van der Waals surface area contributed by atoms with E-state index in [1.807, 2.05) is 0 Å². The number of aromatic nitrogens is 2. The van der Waals surface area contributed by atoms with Gasteiger partial charge in [0.05, 0.1) is 16.0 Å². The van der Waals surface area contributed by atoms with Crippen molar-refractivity contribution < 1.29 is 15.2 Å². The third kappa shape index (κ3) is 3.25. The van der Waals surface area contributed by atoms with Crippen molar-refractivity contribution in [1.29, 1.82) is 0 Å². The van der Waals surface area contributed by atoms with E-state index in [9.17, 15) is 25.2 Å². The second kappa shape index (κ2) is 6.90. The van der Waals surface area contributed by atoms with Crippen LogP contribution >= 0.6 is 11.6 Å². The Labute approximate surface area is 150 Å². The Kier molecular flexibility index (Phi) is 4.65. The maximum Gasteiger partial charge on any atom is 0.276 e. The Balaban J connectivity index is 2.04. The van der Waals surface area contributed by atoms with Crippen LogP contribution < -0.4 is 5.56 Å². The molecule has 3 rings (SSSR count). The van der Waals surface area contributed by atoms with Crippen LogP contribution in [0, 0.1) is 10.1 Å². The van der Waals surface area contributed by atoms with E-state index in [1.165, 1.54) is 30.3 Å². The maximum absolute atomic E-state index is 12.3. The van der Waals surface area contributed by atoms with Crippen molar-refractivity contribution in [1.82, 2.24) is 9.97 Å². The molecule has 3 aromatic rings. The molecule has 132 valence electrons. The number of fused-ring (bicyclic) bond motifs is 1. The number of nitro groups is 1. The SMILES string of the molecule is O=c1[nH]c2cc(Cl)ccc2nc1/C(=N\O)[C@@H](O)c1ccc([N+](=O)[O-])cc1. The predicted molar refractivity (Wildman–Crippen MR) is 93.8 cm³/mol. The highest BCUT2D eigenvalue weighted by atomic mass is 35.5. The lowest BCUT2D eigenvalue weighted by molar-refractivity contribution is -0.384. The Bertz CT molecular complexity index is 1080. The number of halogens is 1. The van der Waals surface area contributed by atoms with E-state index in [4.69, 9.17) is 11.6 Å². The molecule has 10 heteroatoms. The Morgan fingerprint density at radius 3 is 2.58 bits per heavy atom. The van der Waals surface area contributed by atoms with Crippen molar-refractivity contribution in [3.8, 4) is 0 Å². The molecule has 2 aromatic carbocycles. The molecule has 26 heavy (non-hydrogen) atoms. The molecule has 0 aliphatic heterocycles. The van der Waals surface area contributed by atoms with E-state index in [2.05, 4.69) is 15.1 Å². The van der Waals surface area contributed by atoms with Crippen molar-refractivity contribution in [2.45, 2.75) is 6.10 Å². The van der Waals surface area contributed by atoms with Gasteiger partial charge in [-0.3, -0.25) is 14.9 Å². The number of benzene rings is 2. The summed E-state index contributed by atoms with van der Waals surface area (Å²) in [4.78, 5) is 29.1. The van der Waals surface area contributed by atoms with Gasteiger partial charge in [-0.25, -0.2) is 4.98 Å². The number of rotatable bonds is 4. The topological polar surface area (TPSA) is 142 Å². The third-order valence-corrected chi connectivity index (χ3v) is 3.92. The molecular weight excluding hydrogens is 364 g/mol. The van der Waals surface area contributed by atoms with Crippen LogP contribution in [-0.4, -0.2) is 30.9 Å². The minimum absolute atomic E-state index is 0.165. The van der Waals surface area contributed by atoms with Crippen LogP contribution in [0.15, 0.2) is 52.4 Å². The summed E-state index contributed by atoms with van der Waals surface area (Å²) in [5, 5.41) is 33.8. The number of hydrogen-bond donors (Lipinski definition) is 3. The highest BCUT2D eigenvalue weighted by Crippen LogP contribution is 2.21. The van der Waals surface area contributed by atoms with Crippen LogP contribution in [0.3, 0.4) is 0 Å². The van der Waals surface area contributed by atoms with Gasteiger partial charge in [0.1, 0.15) is 11.8 Å². The molecule has 9 nitrogen and oxygen atoms in total. The first kappa shape index (κ1) is 17.5. The summed E-state index contributed by atoms with van der Waals surface area (Å²) in [5.41, 5.74) is -0.573. The average Bonchev–Trinajstić information content (AvgIpc) is 2.62. The number of aliphatic hydroxyl groups is 1. The van der Waals surface area contributed by atoms with Gasteiger partial charge in [0.2, 0.25) is 0 Å². The van der Waals surface area contributed by atoms with Crippen molar-refractivity contribution in [2.75, 3.05) is 0 Å². The Morgan fingerprint density at radius 1 is 1.27 bits per heavy atom. The summed E-state index contributed by atoms with van der Waals surface area (Å²) in [7, 11) is 0. The van der Waals surface area contributed by atoms with E-state index in [-0.39, 0.29) is 16.9 Å². The molecule has 0 aliphatic rings. The first-order chi connectivity index (χ1) is 12.4. The molecule has 0 saturated carbocycles. The highest BCUT2D eigenvalue weighted by molar-refractivity contribution is 6.31. The first-order valence-corrected chi connectivity index (χ1v) is 7.63. The third-order valence-electron chi connectivity index (χ3n) is 3.68. The Morgan fingerprint density at radius 2 is 1.96 bits per heavy atom. The zero-order valence-corrected chi connectivity index (χ0v) is 13.7. The largest absolute Gasteiger partial charge is 0.410 e. The van der Waals surface area contributed by atoms with E-state index in [0.29, 0.717) is 16.1 Å². The standard InChI is InChI=1S/C16H11ClN4O5/c17-9-3-6-11-12(7-9)19-16(23)14(18-11)13(20-24)15(22)8-1-4-10(5-2-8)21(25)26/h1-7,15,22,24H,(H,19,23)/b20-13+/t15-/m0/s1. The van der Waals surface area contributed by atoms with Crippen LogP contribution in [0.25, 0.3) is 11.0 Å². The number of aromatic amines is 1. The molecule has 0 aliphatic carbocycles. The van der Waals surface area contributed by atoms with Gasteiger partial charge >= 0.3 is 0 Å². The maximum atomic E-state index is 12.3. The van der Waals surface area contributed by atoms with Gasteiger partial charge in [-0.2, -0.15) is 0 Å². The molecule has 1 atom stereocenters. The van der Waals surface area contributed by atoms with Crippen LogP contribution in [-0.2, 0) is 0 Å². The van der Waals surface area contributed by atoms with E-state index in [0.717, 1.165) is 0 Å². The van der Waals surface area contributed by atoms with Gasteiger partial charge in [0.25, 0.3) is 11.2 Å². The number of aliphatic hydroxyl groups excluding tert-OH is 1. The van der Waals surface area contributed by atoms with E-state index < -0.39 is 22.3 Å². The molecule has 0 unspecified atom stereocenters. The van der Waals surface area contributed by atoms with Gasteiger partial charge in [-0.05, 0) is 35.9 Å². The molecule has 0 bridgehead atoms. The lowest BCUT2D eigenvalue weighted by atomic mass is 10.0. The number of H-pyrrole nitrogens is 1. The predicted octanol–water partition coefficient (Wildman–Crippen LogP) is 2.40. The summed E-state index contributed by atoms with van der Waals surface area (Å²) in [6.45, 7) is 0. The van der Waals surface area contributed by atoms with Crippen LogP contribution in [0.5, 0.6) is 0 Å². The van der Waals surface area contributed by atoms with Crippen molar-refractivity contribution in [3.63, 3.8) is 0 Å². The fourth-order valence-corrected chi connectivity index (χ4v) is 2.57. The van der Waals surface area contributed by atoms with Gasteiger partial charge in [0.15, 0.2) is 5.69 Å². The highest BCUT2D eigenvalue weighted by Gasteiger charge is 2.23. The molecule has 0 amide bonds. The van der Waals surface area contributed by atoms with Crippen LogP contribution in [0.1, 0.15) is 17.4 Å². The molecular formula is C16H11ClN4O5. The van der Waals surface area contributed by atoms with Crippen LogP contribution in [0.2, 0.25) is 5.02 Å². The quantitative estimate of drug-likeness (QED) is 0.277. The fraction of sp³-hybridized carbons (Fsp3) is 0.0625. The number of nitrogens with zero attached hydrogens (tertiary/aromatic N) is 3. The smallest absolute Gasteiger partial charge is 0.276 e. The van der Waals surface area contributed by atoms with Crippen molar-refractivity contribution in [3.05, 3.63) is 79.2 Å². The summed E-state index contributed by atoms with van der Waals surface area (Å²) in [6.07, 6.45) is -1.51. The van der Waals surface area contributed by atoms with E-state index >= 15 is 0 Å². The molecule has 0 radical (unpaired) electrons. The minimum atomic E-state index is -1.51. The van der Waals surface area contributed by atoms with Crippen LogP contribution in [0.4, 0.5) is 5.69 Å². The molecule has 0 spiro atoms. The number of nitrogens with one attached hydrogen (secondary N) is 1. The second-order valence-electron chi connectivity index (χ2n) is 5.31. The van der Waals surface area contributed by atoms with Gasteiger partial charge < -0.3 is 15.3 Å². The monoisotopic (exact) mass is 374 g/mol. The molecule has 1 heterocycles. The van der Waals surface area contributed by atoms with Crippen molar-refractivity contribution >= 4 is 34.0 Å². The van der Waals surface area contributed by atoms with Gasteiger partial charge in [-0.15, -0.1) is 0 Å². The van der Waals surface area contributed by atoms with Crippen molar-refractivity contribution in [2.24, 2.45) is 5.16 Å². The number of hydrogen-bond acceptors (Lipinski definition) is 7. The fourth-order valence-electron chi connectivity index (χ4n) is 2.40. The van der Waals surface area contributed by atoms with E-state index in [1.54, 1.807) is 12.1 Å². The zero-order chi connectivity index (χ0) is 18.8. The number of nitro benzene ring substituents is 1. The summed E-state index contributed by atoms with van der Waals surface area (Å²) in [6, 6.07) is 9.61.